The van der Waals surface area contributed by atoms with E-state index in [4.69, 9.17) is 0 Å². The minimum Gasteiger partial charge on any atom is -0.345 e. The van der Waals surface area contributed by atoms with Crippen molar-refractivity contribution in [2.24, 2.45) is 0 Å². The third-order valence-electron chi connectivity index (χ3n) is 5.84. The fraction of sp³-hybridized carbons (Fsp3) is 0.304. The molecule has 31 heavy (non-hydrogen) atoms. The summed E-state index contributed by atoms with van der Waals surface area (Å²) in [5.74, 6) is -1.39. The summed E-state index contributed by atoms with van der Waals surface area (Å²) in [5.41, 5.74) is 2.38. The molecule has 160 valence electrons. The van der Waals surface area contributed by atoms with Crippen molar-refractivity contribution < 1.29 is 19.2 Å². The van der Waals surface area contributed by atoms with Crippen LogP contribution in [0.3, 0.4) is 0 Å². The van der Waals surface area contributed by atoms with Gasteiger partial charge in [0.25, 0.3) is 5.91 Å². The Morgan fingerprint density at radius 3 is 2.61 bits per heavy atom. The second kappa shape index (κ2) is 8.22. The highest BCUT2D eigenvalue weighted by atomic mass is 16.2. The molecule has 1 aliphatic carbocycles. The monoisotopic (exact) mass is 420 g/mol. The maximum atomic E-state index is 13.1. The van der Waals surface area contributed by atoms with Gasteiger partial charge in [-0.3, -0.25) is 19.3 Å². The lowest BCUT2D eigenvalue weighted by Crippen LogP contribution is -2.44. The zero-order chi connectivity index (χ0) is 22.0. The average molecular weight is 420 g/mol. The van der Waals surface area contributed by atoms with E-state index >= 15 is 0 Å². The van der Waals surface area contributed by atoms with Crippen LogP contribution in [0.5, 0.6) is 0 Å². The molecule has 2 aliphatic rings. The fourth-order valence-electron chi connectivity index (χ4n) is 4.26. The molecule has 5 amide bonds. The molecule has 0 aromatic heterocycles. The van der Waals surface area contributed by atoms with Crippen LogP contribution in [0, 0.1) is 0 Å². The fourth-order valence-corrected chi connectivity index (χ4v) is 4.26. The van der Waals surface area contributed by atoms with Gasteiger partial charge in [-0.1, -0.05) is 49.4 Å². The summed E-state index contributed by atoms with van der Waals surface area (Å²) in [7, 11) is 0. The number of nitrogens with one attached hydrogen (secondary N) is 3. The van der Waals surface area contributed by atoms with Crippen LogP contribution < -0.4 is 16.0 Å². The van der Waals surface area contributed by atoms with Gasteiger partial charge in [-0.2, -0.15) is 0 Å². The zero-order valence-electron chi connectivity index (χ0n) is 17.2. The van der Waals surface area contributed by atoms with Crippen LogP contribution in [0.2, 0.25) is 0 Å². The summed E-state index contributed by atoms with van der Waals surface area (Å²) < 4.78 is 0. The average Bonchev–Trinajstić information content (AvgIpc) is 3.26. The summed E-state index contributed by atoms with van der Waals surface area (Å²) >= 11 is 0. The number of benzene rings is 2. The Hall–Kier alpha value is -3.68. The number of aryl methyl sites for hydroxylation is 2. The predicted octanol–water partition coefficient (Wildman–Crippen LogP) is 1.70. The number of amides is 5. The van der Waals surface area contributed by atoms with Crippen LogP contribution >= 0.6 is 0 Å². The number of carbonyl (C=O) groups excluding carboxylic acids is 4. The molecule has 8 nitrogen and oxygen atoms in total. The Bertz CT molecular complexity index is 1070. The van der Waals surface area contributed by atoms with Crippen LogP contribution in [0.25, 0.3) is 0 Å². The van der Waals surface area contributed by atoms with Gasteiger partial charge < -0.3 is 16.0 Å². The van der Waals surface area contributed by atoms with Crippen LogP contribution in [0.1, 0.15) is 30.0 Å². The molecule has 0 saturated carbocycles. The number of fused-ring (bicyclic) bond motifs is 2. The Morgan fingerprint density at radius 2 is 1.81 bits per heavy atom. The summed E-state index contributed by atoms with van der Waals surface area (Å²) in [4.78, 5) is 51.0. The molecule has 0 radical (unpaired) electrons. The first-order valence-electron chi connectivity index (χ1n) is 10.3. The van der Waals surface area contributed by atoms with Crippen molar-refractivity contribution in [2.75, 3.05) is 18.4 Å². The number of para-hydroxylation sites is 1. The number of hydrogen-bond donors (Lipinski definition) is 3. The summed E-state index contributed by atoms with van der Waals surface area (Å²) in [6, 6.07) is 14.3. The number of urea groups is 1. The van der Waals surface area contributed by atoms with E-state index in [0.717, 1.165) is 28.0 Å². The second-order valence-electron chi connectivity index (χ2n) is 7.72. The molecule has 0 unspecified atom stereocenters. The maximum Gasteiger partial charge on any atom is 0.325 e. The molecule has 0 bridgehead atoms. The van der Waals surface area contributed by atoms with Gasteiger partial charge in [-0.05, 0) is 42.0 Å². The molecule has 1 heterocycles. The first kappa shape index (κ1) is 20.6. The molecular formula is C23H24N4O4. The summed E-state index contributed by atoms with van der Waals surface area (Å²) in [6.07, 6.45) is 1.91. The van der Waals surface area contributed by atoms with Crippen molar-refractivity contribution in [1.29, 1.82) is 0 Å². The molecule has 1 fully saturated rings. The van der Waals surface area contributed by atoms with E-state index in [1.165, 1.54) is 0 Å². The molecule has 1 spiro atoms. The van der Waals surface area contributed by atoms with Gasteiger partial charge in [0.15, 0.2) is 0 Å². The van der Waals surface area contributed by atoms with Crippen LogP contribution in [0.4, 0.5) is 10.5 Å². The Labute approximate surface area is 180 Å². The van der Waals surface area contributed by atoms with Crippen molar-refractivity contribution in [1.82, 2.24) is 15.5 Å². The van der Waals surface area contributed by atoms with Crippen molar-refractivity contribution in [3.63, 3.8) is 0 Å². The van der Waals surface area contributed by atoms with Crippen LogP contribution in [-0.2, 0) is 32.8 Å². The van der Waals surface area contributed by atoms with E-state index in [1.54, 1.807) is 6.07 Å². The van der Waals surface area contributed by atoms with E-state index in [1.807, 2.05) is 49.4 Å². The van der Waals surface area contributed by atoms with Crippen molar-refractivity contribution in [3.05, 3.63) is 65.2 Å². The van der Waals surface area contributed by atoms with Gasteiger partial charge in [-0.15, -0.1) is 0 Å². The second-order valence-corrected chi connectivity index (χ2v) is 7.72. The lowest BCUT2D eigenvalue weighted by molar-refractivity contribution is -0.135. The molecule has 1 saturated heterocycles. The quantitative estimate of drug-likeness (QED) is 0.618. The SMILES string of the molecule is CCc1ccccc1NC(=O)CNC(=O)CN1C(=O)N[C@@]2(CCc3ccccc32)C1=O. The minimum atomic E-state index is -1.10. The topological polar surface area (TPSA) is 108 Å². The zero-order valence-corrected chi connectivity index (χ0v) is 17.2. The third kappa shape index (κ3) is 3.76. The highest BCUT2D eigenvalue weighted by molar-refractivity contribution is 6.10. The van der Waals surface area contributed by atoms with E-state index < -0.39 is 29.9 Å². The summed E-state index contributed by atoms with van der Waals surface area (Å²) in [6.45, 7) is 1.29. The Kier molecular flexibility index (Phi) is 5.46. The lowest BCUT2D eigenvalue weighted by Gasteiger charge is -2.22. The highest BCUT2D eigenvalue weighted by Gasteiger charge is 2.55. The largest absolute Gasteiger partial charge is 0.345 e. The molecule has 3 N–H and O–H groups in total. The highest BCUT2D eigenvalue weighted by Crippen LogP contribution is 2.41. The predicted molar refractivity (Wildman–Crippen MR) is 114 cm³/mol. The van der Waals surface area contributed by atoms with Crippen molar-refractivity contribution in [2.45, 2.75) is 31.7 Å². The first-order valence-corrected chi connectivity index (χ1v) is 10.3. The number of rotatable bonds is 6. The molecular weight excluding hydrogens is 396 g/mol. The van der Waals surface area contributed by atoms with Crippen LogP contribution in [0.15, 0.2) is 48.5 Å². The van der Waals surface area contributed by atoms with E-state index in [0.29, 0.717) is 18.5 Å². The van der Waals surface area contributed by atoms with Gasteiger partial charge in [0, 0.05) is 5.69 Å². The van der Waals surface area contributed by atoms with Gasteiger partial charge >= 0.3 is 6.03 Å². The van der Waals surface area contributed by atoms with E-state index in [2.05, 4.69) is 16.0 Å². The lowest BCUT2D eigenvalue weighted by atomic mass is 9.92. The normalized spacial score (nSPS) is 19.3. The summed E-state index contributed by atoms with van der Waals surface area (Å²) in [5, 5.41) is 8.03. The Morgan fingerprint density at radius 1 is 1.06 bits per heavy atom. The molecule has 4 rings (SSSR count). The number of hydrogen-bond acceptors (Lipinski definition) is 4. The maximum absolute atomic E-state index is 13.1. The smallest absolute Gasteiger partial charge is 0.325 e. The van der Waals surface area contributed by atoms with Crippen LogP contribution in [-0.4, -0.2) is 41.7 Å². The van der Waals surface area contributed by atoms with E-state index in [-0.39, 0.29) is 12.5 Å². The molecule has 1 aliphatic heterocycles. The van der Waals surface area contributed by atoms with Crippen molar-refractivity contribution in [3.8, 4) is 0 Å². The number of carbonyl (C=O) groups is 4. The third-order valence-corrected chi connectivity index (χ3v) is 5.84. The molecule has 2 aromatic carbocycles. The molecule has 1 atom stereocenters. The number of nitrogens with zero attached hydrogens (tertiary/aromatic N) is 1. The number of imide groups is 1. The van der Waals surface area contributed by atoms with Gasteiger partial charge in [0.1, 0.15) is 12.1 Å². The standard InChI is InChI=1S/C23H24N4O4/c1-2-15-7-4-6-10-18(15)25-19(28)13-24-20(29)14-27-21(30)23(26-22(27)31)12-11-16-8-3-5-9-17(16)23/h3-10H,2,11-14H2,1H3,(H,24,29)(H,25,28)(H,26,31)/t23-/m1/s1. The number of anilines is 1. The van der Waals surface area contributed by atoms with Crippen molar-refractivity contribution >= 4 is 29.4 Å². The molecule has 8 heteroatoms. The van der Waals surface area contributed by atoms with Gasteiger partial charge in [-0.25, -0.2) is 4.79 Å². The first-order chi connectivity index (χ1) is 14.9. The molecule has 2 aromatic rings. The minimum absolute atomic E-state index is 0.255. The van der Waals surface area contributed by atoms with Gasteiger partial charge in [0.2, 0.25) is 11.8 Å². The Balaban J connectivity index is 1.35. The van der Waals surface area contributed by atoms with E-state index in [9.17, 15) is 19.2 Å². The van der Waals surface area contributed by atoms with Gasteiger partial charge in [0.05, 0.1) is 6.54 Å².